The van der Waals surface area contributed by atoms with Gasteiger partial charge in [-0.25, -0.2) is 0 Å². The molecule has 0 aromatic heterocycles. The summed E-state index contributed by atoms with van der Waals surface area (Å²) in [5.74, 6) is -0.429. The van der Waals surface area contributed by atoms with Crippen LogP contribution in [-0.2, 0) is 9.53 Å². The second-order valence-electron chi connectivity index (χ2n) is 2.30. The van der Waals surface area contributed by atoms with Crippen molar-refractivity contribution in [1.82, 2.24) is 5.32 Å². The second-order valence-corrected chi connectivity index (χ2v) is 2.30. The van der Waals surface area contributed by atoms with Crippen molar-refractivity contribution in [3.05, 3.63) is 0 Å². The maximum atomic E-state index is 10.9. The molecule has 0 unspecified atom stereocenters. The number of aliphatic hydroxyl groups is 1. The van der Waals surface area contributed by atoms with Crippen LogP contribution in [0.3, 0.4) is 0 Å². The van der Waals surface area contributed by atoms with E-state index in [1.807, 2.05) is 6.92 Å². The molecule has 0 saturated heterocycles. The molecule has 0 spiro atoms. The van der Waals surface area contributed by atoms with Crippen LogP contribution < -0.4 is 5.32 Å². The van der Waals surface area contributed by atoms with Crippen LogP contribution in [0.2, 0.25) is 0 Å². The molecule has 0 aromatic carbocycles. The standard InChI is InChI=1S/C7H15NO3/c1-4-8-6(5(2)9)7(10)11-3/h5-6,8-9H,4H2,1-3H3/t5-,6-/m0/s1. The first-order valence-electron chi connectivity index (χ1n) is 3.62. The lowest BCUT2D eigenvalue weighted by molar-refractivity contribution is -0.145. The number of rotatable bonds is 4. The third-order valence-electron chi connectivity index (χ3n) is 1.36. The highest BCUT2D eigenvalue weighted by atomic mass is 16.5. The van der Waals surface area contributed by atoms with Gasteiger partial charge >= 0.3 is 5.97 Å². The van der Waals surface area contributed by atoms with Crippen molar-refractivity contribution in [2.75, 3.05) is 13.7 Å². The van der Waals surface area contributed by atoms with E-state index in [-0.39, 0.29) is 0 Å². The Morgan fingerprint density at radius 3 is 2.55 bits per heavy atom. The fraction of sp³-hybridized carbons (Fsp3) is 0.857. The molecule has 0 heterocycles. The lowest BCUT2D eigenvalue weighted by Gasteiger charge is -2.17. The van der Waals surface area contributed by atoms with E-state index >= 15 is 0 Å². The number of carbonyl (C=O) groups excluding carboxylic acids is 1. The molecular weight excluding hydrogens is 146 g/mol. The second kappa shape index (κ2) is 5.09. The Bertz CT molecular complexity index is 125. The van der Waals surface area contributed by atoms with E-state index in [9.17, 15) is 4.79 Å². The predicted octanol–water partition coefficient (Wildman–Crippen LogP) is -0.482. The maximum Gasteiger partial charge on any atom is 0.325 e. The van der Waals surface area contributed by atoms with Crippen molar-refractivity contribution >= 4 is 5.97 Å². The van der Waals surface area contributed by atoms with E-state index in [1.54, 1.807) is 6.92 Å². The molecule has 0 bridgehead atoms. The first-order valence-corrected chi connectivity index (χ1v) is 3.62. The third-order valence-corrected chi connectivity index (χ3v) is 1.36. The summed E-state index contributed by atoms with van der Waals surface area (Å²) >= 11 is 0. The van der Waals surface area contributed by atoms with Crippen molar-refractivity contribution in [3.8, 4) is 0 Å². The summed E-state index contributed by atoms with van der Waals surface area (Å²) in [6.07, 6.45) is -0.720. The van der Waals surface area contributed by atoms with Gasteiger partial charge in [0.15, 0.2) is 0 Å². The Kier molecular flexibility index (Phi) is 4.81. The van der Waals surface area contributed by atoms with Gasteiger partial charge in [0.05, 0.1) is 13.2 Å². The molecule has 11 heavy (non-hydrogen) atoms. The zero-order valence-electron chi connectivity index (χ0n) is 7.13. The Hall–Kier alpha value is -0.610. The maximum absolute atomic E-state index is 10.9. The van der Waals surface area contributed by atoms with Gasteiger partial charge in [-0.05, 0) is 13.5 Å². The number of hydrogen-bond acceptors (Lipinski definition) is 4. The minimum absolute atomic E-state index is 0.429. The van der Waals surface area contributed by atoms with Gasteiger partial charge in [0.2, 0.25) is 0 Å². The Labute approximate surface area is 66.5 Å². The first-order chi connectivity index (χ1) is 5.13. The van der Waals surface area contributed by atoms with Crippen LogP contribution in [0.1, 0.15) is 13.8 Å². The van der Waals surface area contributed by atoms with Crippen molar-refractivity contribution in [2.45, 2.75) is 26.0 Å². The van der Waals surface area contributed by atoms with Crippen LogP contribution in [0.15, 0.2) is 0 Å². The van der Waals surface area contributed by atoms with Crippen molar-refractivity contribution < 1.29 is 14.6 Å². The molecule has 0 rings (SSSR count). The average molecular weight is 161 g/mol. The molecular formula is C7H15NO3. The van der Waals surface area contributed by atoms with Crippen LogP contribution in [0.25, 0.3) is 0 Å². The highest BCUT2D eigenvalue weighted by Crippen LogP contribution is 1.94. The van der Waals surface area contributed by atoms with Crippen LogP contribution in [0, 0.1) is 0 Å². The Morgan fingerprint density at radius 2 is 2.27 bits per heavy atom. The number of aliphatic hydroxyl groups excluding tert-OH is 1. The molecule has 0 amide bonds. The lowest BCUT2D eigenvalue weighted by atomic mass is 10.2. The van der Waals surface area contributed by atoms with E-state index in [0.717, 1.165) is 0 Å². The number of esters is 1. The van der Waals surface area contributed by atoms with E-state index in [2.05, 4.69) is 10.1 Å². The van der Waals surface area contributed by atoms with Crippen LogP contribution in [-0.4, -0.2) is 36.9 Å². The van der Waals surface area contributed by atoms with Gasteiger partial charge in [-0.3, -0.25) is 4.79 Å². The fourth-order valence-corrected chi connectivity index (χ4v) is 0.798. The molecule has 4 heteroatoms. The number of methoxy groups -OCH3 is 1. The van der Waals surface area contributed by atoms with Crippen LogP contribution in [0.4, 0.5) is 0 Å². The Balaban J connectivity index is 3.98. The van der Waals surface area contributed by atoms with E-state index < -0.39 is 18.1 Å². The molecule has 0 aromatic rings. The van der Waals surface area contributed by atoms with Gasteiger partial charge in [-0.2, -0.15) is 0 Å². The van der Waals surface area contributed by atoms with E-state index in [4.69, 9.17) is 5.11 Å². The summed E-state index contributed by atoms with van der Waals surface area (Å²) in [4.78, 5) is 10.9. The van der Waals surface area contributed by atoms with Crippen LogP contribution in [0.5, 0.6) is 0 Å². The molecule has 2 N–H and O–H groups in total. The van der Waals surface area contributed by atoms with Crippen LogP contribution >= 0.6 is 0 Å². The van der Waals surface area contributed by atoms with E-state index in [0.29, 0.717) is 6.54 Å². The number of likely N-dealkylation sites (N-methyl/N-ethyl adjacent to an activating group) is 1. The summed E-state index contributed by atoms with van der Waals surface area (Å²) in [6, 6.07) is -0.606. The third kappa shape index (κ3) is 3.34. The molecule has 0 radical (unpaired) electrons. The van der Waals surface area contributed by atoms with Gasteiger partial charge < -0.3 is 15.2 Å². The molecule has 66 valence electrons. The molecule has 0 aliphatic rings. The largest absolute Gasteiger partial charge is 0.468 e. The molecule has 0 aliphatic heterocycles. The Morgan fingerprint density at radius 1 is 1.73 bits per heavy atom. The molecule has 2 atom stereocenters. The quantitative estimate of drug-likeness (QED) is 0.547. The summed E-state index contributed by atoms with van der Waals surface area (Å²) in [5.41, 5.74) is 0. The average Bonchev–Trinajstić information content (AvgIpc) is 1.98. The molecule has 4 nitrogen and oxygen atoms in total. The number of nitrogens with one attached hydrogen (secondary N) is 1. The number of carbonyl (C=O) groups is 1. The fourth-order valence-electron chi connectivity index (χ4n) is 0.798. The van der Waals surface area contributed by atoms with Crippen molar-refractivity contribution in [3.63, 3.8) is 0 Å². The predicted molar refractivity (Wildman–Crippen MR) is 41.2 cm³/mol. The normalized spacial score (nSPS) is 15.6. The summed E-state index contributed by atoms with van der Waals surface area (Å²) < 4.78 is 4.46. The lowest BCUT2D eigenvalue weighted by Crippen LogP contribution is -2.45. The molecule has 0 fully saturated rings. The summed E-state index contributed by atoms with van der Waals surface area (Å²) in [7, 11) is 1.30. The number of hydrogen-bond donors (Lipinski definition) is 2. The summed E-state index contributed by atoms with van der Waals surface area (Å²) in [5, 5.41) is 11.9. The highest BCUT2D eigenvalue weighted by molar-refractivity contribution is 5.76. The topological polar surface area (TPSA) is 58.6 Å². The van der Waals surface area contributed by atoms with Gasteiger partial charge in [-0.15, -0.1) is 0 Å². The smallest absolute Gasteiger partial charge is 0.325 e. The van der Waals surface area contributed by atoms with Crippen molar-refractivity contribution in [1.29, 1.82) is 0 Å². The highest BCUT2D eigenvalue weighted by Gasteiger charge is 2.22. The molecule has 0 saturated carbocycles. The minimum Gasteiger partial charge on any atom is -0.468 e. The first kappa shape index (κ1) is 10.4. The van der Waals surface area contributed by atoms with Gasteiger partial charge in [-0.1, -0.05) is 6.92 Å². The zero-order valence-corrected chi connectivity index (χ0v) is 7.13. The van der Waals surface area contributed by atoms with Crippen molar-refractivity contribution in [2.24, 2.45) is 0 Å². The van der Waals surface area contributed by atoms with Gasteiger partial charge in [0.1, 0.15) is 6.04 Å². The summed E-state index contributed by atoms with van der Waals surface area (Å²) in [6.45, 7) is 4.03. The van der Waals surface area contributed by atoms with Gasteiger partial charge in [0, 0.05) is 0 Å². The van der Waals surface area contributed by atoms with Gasteiger partial charge in [0.25, 0.3) is 0 Å². The van der Waals surface area contributed by atoms with E-state index in [1.165, 1.54) is 7.11 Å². The number of ether oxygens (including phenoxy) is 1. The SMILES string of the molecule is CCN[C@H](C(=O)OC)[C@H](C)O. The zero-order chi connectivity index (χ0) is 8.85. The monoisotopic (exact) mass is 161 g/mol. The minimum atomic E-state index is -0.720. The molecule has 0 aliphatic carbocycles.